The predicted octanol–water partition coefficient (Wildman–Crippen LogP) is 5.35. The fourth-order valence-corrected chi connectivity index (χ4v) is 6.92. The zero-order chi connectivity index (χ0) is 27.6. The monoisotopic (exact) mass is 710 g/mol. The first kappa shape index (κ1) is 28.6. The molecule has 4 rings (SSSR count). The maximum atomic E-state index is 13.9. The first-order valence-corrected chi connectivity index (χ1v) is 14.9. The highest BCUT2D eigenvalue weighted by molar-refractivity contribution is 14.1. The molecule has 1 aliphatic heterocycles. The first-order chi connectivity index (χ1) is 18.1. The van der Waals surface area contributed by atoms with Crippen LogP contribution in [-0.4, -0.2) is 29.9 Å². The van der Waals surface area contributed by atoms with Gasteiger partial charge in [-0.1, -0.05) is 39.4 Å². The van der Waals surface area contributed by atoms with Crippen LogP contribution in [0, 0.1) is 3.57 Å². The number of ether oxygens (including phenoxy) is 3. The Morgan fingerprint density at radius 3 is 2.55 bits per heavy atom. The molecule has 7 nitrogen and oxygen atoms in total. The molecule has 1 aliphatic rings. The van der Waals surface area contributed by atoms with Crippen LogP contribution in [0.25, 0.3) is 6.08 Å². The van der Waals surface area contributed by atoms with Crippen molar-refractivity contribution in [1.29, 1.82) is 0 Å². The van der Waals surface area contributed by atoms with Crippen LogP contribution >= 0.6 is 49.9 Å². The Labute approximate surface area is 247 Å². The standard InChI is InChI=1S/C28H28BrIN2O5S/c1-6-35-20-10-8-17(9-11-20)24-23(27(34)36-7-2)16(5)31-28-32(24)26(33)22(38-28)13-18-12-19(29)14-21(30)25(18)37-15(3)4/h8-15,24H,6-7H2,1-5H3/b22-13-/t24-/m1/s1. The molecule has 0 bridgehead atoms. The number of carbonyl (C=O) groups excluding carboxylic acids is 1. The third-order valence-corrected chi connectivity index (χ3v) is 7.94. The van der Waals surface area contributed by atoms with Crippen molar-refractivity contribution in [2.45, 2.75) is 46.8 Å². The summed E-state index contributed by atoms with van der Waals surface area (Å²) in [6.45, 7) is 10.1. The Kier molecular flexibility index (Phi) is 9.15. The Morgan fingerprint density at radius 2 is 1.92 bits per heavy atom. The van der Waals surface area contributed by atoms with Crippen LogP contribution in [0.15, 0.2) is 61.9 Å². The average molecular weight is 711 g/mol. The fraction of sp³-hybridized carbons (Fsp3) is 0.321. The Morgan fingerprint density at radius 1 is 1.21 bits per heavy atom. The molecule has 10 heteroatoms. The molecular formula is C28H28BrIN2O5S. The zero-order valence-electron chi connectivity index (χ0n) is 21.7. The summed E-state index contributed by atoms with van der Waals surface area (Å²) in [5.74, 6) is 0.932. The highest BCUT2D eigenvalue weighted by atomic mass is 127. The highest BCUT2D eigenvalue weighted by Gasteiger charge is 2.33. The van der Waals surface area contributed by atoms with Crippen molar-refractivity contribution in [2.75, 3.05) is 13.2 Å². The van der Waals surface area contributed by atoms with E-state index in [-0.39, 0.29) is 18.3 Å². The Balaban J connectivity index is 1.94. The maximum Gasteiger partial charge on any atom is 0.338 e. The van der Waals surface area contributed by atoms with E-state index in [0.29, 0.717) is 38.7 Å². The summed E-state index contributed by atoms with van der Waals surface area (Å²) < 4.78 is 20.9. The van der Waals surface area contributed by atoms with Crippen LogP contribution in [0.4, 0.5) is 0 Å². The Hall–Kier alpha value is -2.44. The first-order valence-electron chi connectivity index (χ1n) is 12.2. The minimum atomic E-state index is -0.683. The van der Waals surface area contributed by atoms with Crippen molar-refractivity contribution in [3.8, 4) is 11.5 Å². The molecule has 1 atom stereocenters. The normalized spacial score (nSPS) is 15.4. The van der Waals surface area contributed by atoms with Crippen molar-refractivity contribution in [2.24, 2.45) is 4.99 Å². The van der Waals surface area contributed by atoms with Gasteiger partial charge in [-0.15, -0.1) is 0 Å². The van der Waals surface area contributed by atoms with E-state index >= 15 is 0 Å². The van der Waals surface area contributed by atoms with Crippen LogP contribution in [-0.2, 0) is 9.53 Å². The minimum Gasteiger partial charge on any atom is -0.494 e. The molecule has 38 heavy (non-hydrogen) atoms. The van der Waals surface area contributed by atoms with E-state index in [2.05, 4.69) is 43.5 Å². The van der Waals surface area contributed by atoms with E-state index in [4.69, 9.17) is 14.2 Å². The van der Waals surface area contributed by atoms with Gasteiger partial charge in [0.2, 0.25) is 0 Å². The average Bonchev–Trinajstić information content (AvgIpc) is 3.15. The molecule has 0 fully saturated rings. The molecule has 1 aromatic heterocycles. The van der Waals surface area contributed by atoms with Crippen LogP contribution in [0.2, 0.25) is 0 Å². The molecule has 0 saturated carbocycles. The lowest BCUT2D eigenvalue weighted by atomic mass is 9.96. The topological polar surface area (TPSA) is 79.1 Å². The van der Waals surface area contributed by atoms with Gasteiger partial charge in [0.1, 0.15) is 11.5 Å². The quantitative estimate of drug-likeness (QED) is 0.233. The maximum absolute atomic E-state index is 13.9. The summed E-state index contributed by atoms with van der Waals surface area (Å²) in [7, 11) is 0. The van der Waals surface area contributed by atoms with Crippen molar-refractivity contribution in [3.05, 3.63) is 86.5 Å². The molecule has 0 spiro atoms. The number of thiazole rings is 1. The second-order valence-corrected chi connectivity index (χ2v) is 11.9. The van der Waals surface area contributed by atoms with E-state index in [1.54, 1.807) is 18.4 Å². The number of rotatable bonds is 8. The van der Waals surface area contributed by atoms with Crippen molar-refractivity contribution >= 4 is 61.9 Å². The lowest BCUT2D eigenvalue weighted by Gasteiger charge is -2.24. The molecule has 0 N–H and O–H groups in total. The van der Waals surface area contributed by atoms with E-state index in [1.165, 1.54) is 11.3 Å². The number of allylic oxidation sites excluding steroid dienone is 1. The number of nitrogens with zero attached hydrogens (tertiary/aromatic N) is 2. The van der Waals surface area contributed by atoms with Crippen molar-refractivity contribution in [1.82, 2.24) is 4.57 Å². The zero-order valence-corrected chi connectivity index (χ0v) is 26.3. The van der Waals surface area contributed by atoms with Gasteiger partial charge < -0.3 is 14.2 Å². The van der Waals surface area contributed by atoms with E-state index < -0.39 is 12.0 Å². The van der Waals surface area contributed by atoms with Crippen LogP contribution in [0.3, 0.4) is 0 Å². The third-order valence-electron chi connectivity index (χ3n) is 5.70. The largest absolute Gasteiger partial charge is 0.494 e. The number of esters is 1. The molecule has 0 aliphatic carbocycles. The van der Waals surface area contributed by atoms with Gasteiger partial charge in [-0.3, -0.25) is 9.36 Å². The number of carbonyl (C=O) groups is 1. The molecule has 3 aromatic rings. The molecule has 2 heterocycles. The molecule has 0 saturated heterocycles. The molecular weight excluding hydrogens is 683 g/mol. The molecule has 0 unspecified atom stereocenters. The highest BCUT2D eigenvalue weighted by Crippen LogP contribution is 2.33. The second-order valence-electron chi connectivity index (χ2n) is 8.78. The minimum absolute atomic E-state index is 0.0347. The summed E-state index contributed by atoms with van der Waals surface area (Å²) in [5.41, 5.74) is 2.17. The van der Waals surface area contributed by atoms with Crippen LogP contribution in [0.1, 0.15) is 51.8 Å². The van der Waals surface area contributed by atoms with Crippen LogP contribution < -0.4 is 24.4 Å². The van der Waals surface area contributed by atoms with E-state index in [9.17, 15) is 9.59 Å². The summed E-state index contributed by atoms with van der Waals surface area (Å²) >= 11 is 7.07. The van der Waals surface area contributed by atoms with Gasteiger partial charge in [-0.2, -0.15) is 0 Å². The lowest BCUT2D eigenvalue weighted by molar-refractivity contribution is -0.139. The molecule has 0 radical (unpaired) electrons. The summed E-state index contributed by atoms with van der Waals surface area (Å²) in [4.78, 5) is 32.2. The van der Waals surface area contributed by atoms with Gasteiger partial charge in [-0.25, -0.2) is 9.79 Å². The van der Waals surface area contributed by atoms with Gasteiger partial charge in [-0.05, 0) is 93.1 Å². The smallest absolute Gasteiger partial charge is 0.338 e. The van der Waals surface area contributed by atoms with Gasteiger partial charge in [0, 0.05) is 10.0 Å². The second kappa shape index (κ2) is 12.2. The number of hydrogen-bond donors (Lipinski definition) is 0. The Bertz CT molecular complexity index is 1570. The van der Waals surface area contributed by atoms with Crippen molar-refractivity contribution in [3.63, 3.8) is 0 Å². The number of halogens is 2. The summed E-state index contributed by atoms with van der Waals surface area (Å²) in [6.07, 6.45) is 1.79. The van der Waals surface area contributed by atoms with Gasteiger partial charge in [0.25, 0.3) is 5.56 Å². The number of hydrogen-bond acceptors (Lipinski definition) is 7. The summed E-state index contributed by atoms with van der Waals surface area (Å²) in [6, 6.07) is 10.6. The van der Waals surface area contributed by atoms with Gasteiger partial charge in [0.05, 0.1) is 44.7 Å². The molecule has 200 valence electrons. The summed E-state index contributed by atoms with van der Waals surface area (Å²) in [5, 5.41) is 0. The number of fused-ring (bicyclic) bond motifs is 1. The van der Waals surface area contributed by atoms with Gasteiger partial charge >= 0.3 is 5.97 Å². The van der Waals surface area contributed by atoms with Gasteiger partial charge in [0.15, 0.2) is 4.80 Å². The molecule has 2 aromatic carbocycles. The predicted molar refractivity (Wildman–Crippen MR) is 161 cm³/mol. The van der Waals surface area contributed by atoms with E-state index in [1.807, 2.05) is 63.2 Å². The van der Waals surface area contributed by atoms with Crippen LogP contribution in [0.5, 0.6) is 11.5 Å². The third kappa shape index (κ3) is 5.91. The number of aromatic nitrogens is 1. The number of benzene rings is 2. The molecule has 0 amide bonds. The fourth-order valence-electron chi connectivity index (χ4n) is 4.21. The lowest BCUT2D eigenvalue weighted by Crippen LogP contribution is -2.39. The van der Waals surface area contributed by atoms with Crippen molar-refractivity contribution < 1.29 is 19.0 Å². The van der Waals surface area contributed by atoms with E-state index in [0.717, 1.165) is 19.2 Å². The SMILES string of the molecule is CCOC(=O)C1=C(C)N=c2s/c(=C\c3cc(Br)cc(I)c3OC(C)C)c(=O)n2[C@@H]1c1ccc(OCC)cc1.